The summed E-state index contributed by atoms with van der Waals surface area (Å²) in [7, 11) is 0. The number of amides is 1. The molecular formula is C18H19F2N3O2S. The molecule has 1 aromatic heterocycles. The lowest BCUT2D eigenvalue weighted by molar-refractivity contribution is -0.127. The Labute approximate surface area is 154 Å². The van der Waals surface area contributed by atoms with E-state index in [1.165, 1.54) is 30.2 Å². The van der Waals surface area contributed by atoms with Crippen LogP contribution in [0.3, 0.4) is 0 Å². The Kier molecular flexibility index (Phi) is 6.03. The third kappa shape index (κ3) is 4.49. The lowest BCUT2D eigenvalue weighted by atomic mass is 10.3. The first kappa shape index (κ1) is 18.6. The molecule has 0 unspecified atom stereocenters. The normalized spacial score (nSPS) is 16.7. The largest absolute Gasteiger partial charge is 0.470 e. The van der Waals surface area contributed by atoms with E-state index in [1.54, 1.807) is 17.0 Å². The molecule has 1 saturated heterocycles. The van der Waals surface area contributed by atoms with Crippen LogP contribution in [0.2, 0.25) is 0 Å². The molecule has 1 aliphatic heterocycles. The Morgan fingerprint density at radius 3 is 2.81 bits per heavy atom. The molecule has 1 amide bonds. The molecule has 5 nitrogen and oxygen atoms in total. The molecule has 0 aliphatic carbocycles. The molecule has 2 heterocycles. The van der Waals surface area contributed by atoms with Gasteiger partial charge in [0.1, 0.15) is 18.2 Å². The maximum absolute atomic E-state index is 14.2. The third-order valence-corrected chi connectivity index (χ3v) is 5.11. The molecule has 2 aromatic rings. The molecule has 1 aliphatic rings. The summed E-state index contributed by atoms with van der Waals surface area (Å²) in [5.74, 6) is -0.657. The van der Waals surface area contributed by atoms with Gasteiger partial charge in [-0.15, -0.1) is 11.8 Å². The van der Waals surface area contributed by atoms with Crippen LogP contribution < -0.4 is 4.74 Å². The third-order valence-electron chi connectivity index (χ3n) is 4.12. The van der Waals surface area contributed by atoms with Crippen molar-refractivity contribution in [2.45, 2.75) is 30.8 Å². The van der Waals surface area contributed by atoms with Crippen LogP contribution in [0.4, 0.5) is 8.78 Å². The molecule has 0 saturated carbocycles. The maximum Gasteiger partial charge on any atom is 0.254 e. The Hall–Kier alpha value is -2.22. The number of aryl methyl sites for hydroxylation is 1. The van der Waals surface area contributed by atoms with Crippen molar-refractivity contribution in [2.75, 3.05) is 18.8 Å². The van der Waals surface area contributed by atoms with Gasteiger partial charge in [0.15, 0.2) is 0 Å². The predicted octanol–water partition coefficient (Wildman–Crippen LogP) is 3.09. The summed E-state index contributed by atoms with van der Waals surface area (Å²) in [4.78, 5) is 22.6. The highest BCUT2D eigenvalue weighted by atomic mass is 32.2. The van der Waals surface area contributed by atoms with Gasteiger partial charge in [-0.1, -0.05) is 6.92 Å². The molecular weight excluding hydrogens is 360 g/mol. The first-order chi connectivity index (χ1) is 12.6. The van der Waals surface area contributed by atoms with E-state index in [2.05, 4.69) is 9.97 Å². The van der Waals surface area contributed by atoms with Crippen molar-refractivity contribution in [1.82, 2.24) is 14.9 Å². The van der Waals surface area contributed by atoms with Gasteiger partial charge in [-0.05, 0) is 30.7 Å². The molecule has 26 heavy (non-hydrogen) atoms. The lowest BCUT2D eigenvalue weighted by Crippen LogP contribution is -2.32. The molecule has 0 radical (unpaired) electrons. The second-order valence-electron chi connectivity index (χ2n) is 5.90. The van der Waals surface area contributed by atoms with Crippen LogP contribution in [0.15, 0.2) is 35.5 Å². The van der Waals surface area contributed by atoms with Gasteiger partial charge in [0.25, 0.3) is 5.88 Å². The van der Waals surface area contributed by atoms with Crippen molar-refractivity contribution in [3.8, 4) is 5.88 Å². The van der Waals surface area contributed by atoms with Crippen molar-refractivity contribution in [3.05, 3.63) is 47.9 Å². The summed E-state index contributed by atoms with van der Waals surface area (Å²) < 4.78 is 32.7. The second-order valence-corrected chi connectivity index (χ2v) is 6.95. The van der Waals surface area contributed by atoms with Crippen molar-refractivity contribution in [2.24, 2.45) is 0 Å². The van der Waals surface area contributed by atoms with Crippen LogP contribution in [-0.2, 0) is 11.2 Å². The number of likely N-dealkylation sites (tertiary alicyclic amines) is 1. The fourth-order valence-electron chi connectivity index (χ4n) is 2.69. The minimum absolute atomic E-state index is 0.0252. The number of rotatable bonds is 6. The smallest absolute Gasteiger partial charge is 0.254 e. The van der Waals surface area contributed by atoms with E-state index < -0.39 is 5.82 Å². The molecule has 1 atom stereocenters. The first-order valence-electron chi connectivity index (χ1n) is 8.39. The van der Waals surface area contributed by atoms with Gasteiger partial charge in [0.05, 0.1) is 18.0 Å². The molecule has 138 valence electrons. The number of ether oxygens (including phenoxy) is 1. The Morgan fingerprint density at radius 2 is 2.08 bits per heavy atom. The highest BCUT2D eigenvalue weighted by molar-refractivity contribution is 8.00. The van der Waals surface area contributed by atoms with Crippen molar-refractivity contribution < 1.29 is 18.3 Å². The maximum atomic E-state index is 14.2. The SMILES string of the molecule is CCc1ncnc(O[C@H]2CCN(C(=O)CSc3ccc(F)cc3)C2)c1F. The molecule has 0 spiro atoms. The van der Waals surface area contributed by atoms with Crippen LogP contribution in [0, 0.1) is 11.6 Å². The number of thioether (sulfide) groups is 1. The molecule has 8 heteroatoms. The fourth-order valence-corrected chi connectivity index (χ4v) is 3.49. The van der Waals surface area contributed by atoms with E-state index in [4.69, 9.17) is 4.74 Å². The number of hydrogen-bond acceptors (Lipinski definition) is 5. The number of halogens is 2. The summed E-state index contributed by atoms with van der Waals surface area (Å²) in [6, 6.07) is 6.03. The monoisotopic (exact) mass is 379 g/mol. The van der Waals surface area contributed by atoms with Crippen LogP contribution in [0.1, 0.15) is 19.0 Å². The van der Waals surface area contributed by atoms with Crippen LogP contribution in [-0.4, -0.2) is 45.7 Å². The Balaban J connectivity index is 1.51. The lowest BCUT2D eigenvalue weighted by Gasteiger charge is -2.17. The van der Waals surface area contributed by atoms with E-state index in [0.717, 1.165) is 4.90 Å². The van der Waals surface area contributed by atoms with Gasteiger partial charge in [0.2, 0.25) is 11.7 Å². The average molecular weight is 379 g/mol. The average Bonchev–Trinajstić information content (AvgIpc) is 3.11. The van der Waals surface area contributed by atoms with Gasteiger partial charge in [-0.2, -0.15) is 9.37 Å². The van der Waals surface area contributed by atoms with Gasteiger partial charge < -0.3 is 9.64 Å². The summed E-state index contributed by atoms with van der Waals surface area (Å²) in [5, 5.41) is 0. The van der Waals surface area contributed by atoms with Gasteiger partial charge >= 0.3 is 0 Å². The molecule has 0 N–H and O–H groups in total. The topological polar surface area (TPSA) is 55.3 Å². The summed E-state index contributed by atoms with van der Waals surface area (Å²) in [6.45, 7) is 2.76. The van der Waals surface area contributed by atoms with Gasteiger partial charge in [-0.3, -0.25) is 4.79 Å². The molecule has 1 aromatic carbocycles. The number of benzene rings is 1. The number of carbonyl (C=O) groups excluding carboxylic acids is 1. The quantitative estimate of drug-likeness (QED) is 0.722. The zero-order valence-corrected chi connectivity index (χ0v) is 15.1. The fraction of sp³-hybridized carbons (Fsp3) is 0.389. The van der Waals surface area contributed by atoms with E-state index in [-0.39, 0.29) is 29.5 Å². The molecule has 3 rings (SSSR count). The zero-order valence-electron chi connectivity index (χ0n) is 14.3. The number of carbonyl (C=O) groups is 1. The van der Waals surface area contributed by atoms with Crippen molar-refractivity contribution >= 4 is 17.7 Å². The number of hydrogen-bond donors (Lipinski definition) is 0. The van der Waals surface area contributed by atoms with Gasteiger partial charge in [-0.25, -0.2) is 9.37 Å². The number of aromatic nitrogens is 2. The Morgan fingerprint density at radius 1 is 1.31 bits per heavy atom. The molecule has 1 fully saturated rings. The highest BCUT2D eigenvalue weighted by Gasteiger charge is 2.28. The van der Waals surface area contributed by atoms with Crippen LogP contribution >= 0.6 is 11.8 Å². The molecule has 0 bridgehead atoms. The number of nitrogens with zero attached hydrogens (tertiary/aromatic N) is 3. The zero-order chi connectivity index (χ0) is 18.5. The van der Waals surface area contributed by atoms with E-state index in [0.29, 0.717) is 31.6 Å². The summed E-state index contributed by atoms with van der Waals surface area (Å²) in [5.41, 5.74) is 0.316. The van der Waals surface area contributed by atoms with Gasteiger partial charge in [0, 0.05) is 17.9 Å². The van der Waals surface area contributed by atoms with Crippen LogP contribution in [0.25, 0.3) is 0 Å². The van der Waals surface area contributed by atoms with E-state index >= 15 is 0 Å². The summed E-state index contributed by atoms with van der Waals surface area (Å²) in [6.07, 6.45) is 2.08. The first-order valence-corrected chi connectivity index (χ1v) is 9.37. The second kappa shape index (κ2) is 8.44. The standard InChI is InChI=1S/C18H19F2N3O2S/c1-2-15-17(20)18(22-11-21-15)25-13-7-8-23(9-13)16(24)10-26-14-5-3-12(19)4-6-14/h3-6,11,13H,2,7-10H2,1H3/t13-/m0/s1. The van der Waals surface area contributed by atoms with Crippen molar-refractivity contribution in [1.29, 1.82) is 0 Å². The minimum atomic E-state index is -0.536. The summed E-state index contributed by atoms with van der Waals surface area (Å²) >= 11 is 1.36. The van der Waals surface area contributed by atoms with Crippen molar-refractivity contribution in [3.63, 3.8) is 0 Å². The van der Waals surface area contributed by atoms with Crippen LogP contribution in [0.5, 0.6) is 5.88 Å². The van der Waals surface area contributed by atoms with E-state index in [1.807, 2.05) is 6.92 Å². The highest BCUT2D eigenvalue weighted by Crippen LogP contribution is 2.23. The minimum Gasteiger partial charge on any atom is -0.470 e. The Bertz CT molecular complexity index is 774. The van der Waals surface area contributed by atoms with E-state index in [9.17, 15) is 13.6 Å². The predicted molar refractivity (Wildman–Crippen MR) is 94.1 cm³/mol.